The molecule has 2 atom stereocenters. The number of alkyl halides is 3. The Balaban J connectivity index is 1.46. The molecule has 3 aromatic carbocycles. The van der Waals surface area contributed by atoms with Crippen molar-refractivity contribution < 1.29 is 13.2 Å². The molecule has 0 saturated carbocycles. The summed E-state index contributed by atoms with van der Waals surface area (Å²) >= 11 is 13.9. The average Bonchev–Trinajstić information content (AvgIpc) is 2.80. The van der Waals surface area contributed by atoms with E-state index in [1.165, 1.54) is 29.6 Å². The smallest absolute Gasteiger partial charge is 0.364 e. The van der Waals surface area contributed by atoms with Crippen LogP contribution in [-0.4, -0.2) is 13.1 Å². The van der Waals surface area contributed by atoms with Crippen molar-refractivity contribution in [3.05, 3.63) is 93.5 Å². The van der Waals surface area contributed by atoms with Crippen molar-refractivity contribution >= 4 is 40.8 Å². The molecule has 1 aliphatic rings. The Labute approximate surface area is 212 Å². The van der Waals surface area contributed by atoms with Crippen molar-refractivity contribution in [3.63, 3.8) is 0 Å². The van der Waals surface area contributed by atoms with E-state index in [1.54, 1.807) is 12.1 Å². The Morgan fingerprint density at radius 3 is 2.47 bits per heavy atom. The second-order valence-corrected chi connectivity index (χ2v) is 10.4. The van der Waals surface area contributed by atoms with Crippen LogP contribution in [-0.2, 0) is 6.18 Å². The van der Waals surface area contributed by atoms with Crippen LogP contribution < -0.4 is 9.62 Å². The fraction of sp³-hybridized carbons (Fsp3) is 0.308. The van der Waals surface area contributed by atoms with Crippen molar-refractivity contribution in [2.75, 3.05) is 18.0 Å². The predicted molar refractivity (Wildman–Crippen MR) is 136 cm³/mol. The van der Waals surface area contributed by atoms with Gasteiger partial charge in [-0.05, 0) is 85.7 Å². The molecule has 0 spiro atoms. The van der Waals surface area contributed by atoms with Crippen LogP contribution in [0.15, 0.2) is 71.6 Å². The number of nitrogens with one attached hydrogen (secondary N) is 1. The highest BCUT2D eigenvalue weighted by molar-refractivity contribution is 7.97. The normalized spacial score (nSPS) is 18.8. The monoisotopic (exact) mass is 524 g/mol. The lowest BCUT2D eigenvalue weighted by molar-refractivity contribution is -0.137. The fourth-order valence-electron chi connectivity index (χ4n) is 4.31. The van der Waals surface area contributed by atoms with E-state index < -0.39 is 11.7 Å². The molecule has 1 saturated heterocycles. The van der Waals surface area contributed by atoms with E-state index in [0.717, 1.165) is 36.7 Å². The molecule has 0 amide bonds. The number of rotatable bonds is 6. The first-order chi connectivity index (χ1) is 16.2. The highest BCUT2D eigenvalue weighted by Gasteiger charge is 2.32. The maximum Gasteiger partial charge on any atom is 0.416 e. The first kappa shape index (κ1) is 25.2. The van der Waals surface area contributed by atoms with Gasteiger partial charge in [-0.3, -0.25) is 4.72 Å². The summed E-state index contributed by atoms with van der Waals surface area (Å²) in [5.41, 5.74) is 2.73. The largest absolute Gasteiger partial charge is 0.416 e. The van der Waals surface area contributed by atoms with Gasteiger partial charge in [0.2, 0.25) is 0 Å². The van der Waals surface area contributed by atoms with Crippen LogP contribution in [0.2, 0.25) is 10.0 Å². The molecule has 0 aliphatic carbocycles. The zero-order valence-corrected chi connectivity index (χ0v) is 20.9. The van der Waals surface area contributed by atoms with Crippen molar-refractivity contribution in [1.82, 2.24) is 4.72 Å². The Kier molecular flexibility index (Phi) is 8.03. The summed E-state index contributed by atoms with van der Waals surface area (Å²) in [5, 5.41) is 1.27. The van der Waals surface area contributed by atoms with E-state index in [2.05, 4.69) is 40.8 Å². The molecule has 2 unspecified atom stereocenters. The van der Waals surface area contributed by atoms with Gasteiger partial charge in [-0.1, -0.05) is 53.0 Å². The molecule has 0 aromatic heterocycles. The molecular formula is C26H25Cl2F3N2S. The summed E-state index contributed by atoms with van der Waals surface area (Å²) in [5.74, 6) is 0.335. The van der Waals surface area contributed by atoms with Gasteiger partial charge in [-0.2, -0.15) is 13.2 Å². The second-order valence-electron chi connectivity index (χ2n) is 8.59. The van der Waals surface area contributed by atoms with Gasteiger partial charge in [0.1, 0.15) is 0 Å². The minimum absolute atomic E-state index is 0.125. The lowest BCUT2D eigenvalue weighted by Crippen LogP contribution is -2.41. The van der Waals surface area contributed by atoms with E-state index in [-0.39, 0.29) is 6.04 Å². The van der Waals surface area contributed by atoms with E-state index in [4.69, 9.17) is 23.2 Å². The molecule has 3 aromatic rings. The second kappa shape index (κ2) is 10.8. The van der Waals surface area contributed by atoms with Crippen molar-refractivity contribution in [2.45, 2.75) is 36.9 Å². The summed E-state index contributed by atoms with van der Waals surface area (Å²) in [6.45, 7) is 3.55. The number of hydrogen-bond acceptors (Lipinski definition) is 3. The Hall–Kier alpha value is -1.86. The van der Waals surface area contributed by atoms with Gasteiger partial charge in [0.15, 0.2) is 0 Å². The third-order valence-electron chi connectivity index (χ3n) is 6.09. The number of benzene rings is 3. The number of hydrogen-bond donors (Lipinski definition) is 1. The summed E-state index contributed by atoms with van der Waals surface area (Å²) in [4.78, 5) is 2.92. The lowest BCUT2D eigenvalue weighted by atomic mass is 9.88. The Morgan fingerprint density at radius 1 is 1.00 bits per heavy atom. The Morgan fingerprint density at radius 2 is 1.76 bits per heavy atom. The molecule has 1 aliphatic heterocycles. The molecule has 8 heteroatoms. The topological polar surface area (TPSA) is 15.3 Å². The SMILES string of the molecule is Cc1ccc(N2CC(CNSc3cccc(C(F)(F)F)c3)CCC2c2ccc(Cl)cc2Cl)cc1. The standard InChI is InChI=1S/C26H25Cl2F3N2S/c1-17-5-9-21(10-6-17)33-16-18(7-12-25(33)23-11-8-20(27)14-24(23)28)15-32-34-22-4-2-3-19(13-22)26(29,30)31/h2-6,8-11,13-14,18,25,32H,7,12,15-16H2,1H3. The zero-order valence-electron chi connectivity index (χ0n) is 18.6. The number of halogens is 5. The molecular weight excluding hydrogens is 500 g/mol. The summed E-state index contributed by atoms with van der Waals surface area (Å²) in [6, 6.07) is 19.6. The van der Waals surface area contributed by atoms with Crippen LogP contribution in [0.25, 0.3) is 0 Å². The van der Waals surface area contributed by atoms with Crippen LogP contribution in [0.1, 0.15) is 35.6 Å². The van der Waals surface area contributed by atoms with Gasteiger partial charge < -0.3 is 4.90 Å². The van der Waals surface area contributed by atoms with Crippen LogP contribution >= 0.6 is 35.1 Å². The lowest BCUT2D eigenvalue weighted by Gasteiger charge is -2.42. The zero-order chi connectivity index (χ0) is 24.3. The maximum absolute atomic E-state index is 13.0. The molecule has 0 bridgehead atoms. The van der Waals surface area contributed by atoms with E-state index in [1.807, 2.05) is 12.1 Å². The van der Waals surface area contributed by atoms with Gasteiger partial charge >= 0.3 is 6.18 Å². The quantitative estimate of drug-likeness (QED) is 0.325. The number of nitrogens with zero attached hydrogens (tertiary/aromatic N) is 1. The molecule has 2 nitrogen and oxygen atoms in total. The number of aryl methyl sites for hydroxylation is 1. The minimum Gasteiger partial charge on any atom is -0.364 e. The van der Waals surface area contributed by atoms with E-state index >= 15 is 0 Å². The minimum atomic E-state index is -4.34. The van der Waals surface area contributed by atoms with Crippen LogP contribution in [0.4, 0.5) is 18.9 Å². The molecule has 1 heterocycles. The first-order valence-electron chi connectivity index (χ1n) is 11.1. The summed E-state index contributed by atoms with van der Waals surface area (Å²) < 4.78 is 42.2. The first-order valence-corrected chi connectivity index (χ1v) is 12.6. The average molecular weight is 525 g/mol. The predicted octanol–water partition coefficient (Wildman–Crippen LogP) is 8.58. The van der Waals surface area contributed by atoms with Gasteiger partial charge in [0.25, 0.3) is 0 Å². The molecule has 4 rings (SSSR count). The maximum atomic E-state index is 13.0. The van der Waals surface area contributed by atoms with Crippen molar-refractivity contribution in [2.24, 2.45) is 5.92 Å². The summed E-state index contributed by atoms with van der Waals surface area (Å²) in [7, 11) is 0. The third-order valence-corrected chi connectivity index (χ3v) is 7.45. The number of piperidine rings is 1. The van der Waals surface area contributed by atoms with Crippen LogP contribution in [0.3, 0.4) is 0 Å². The molecule has 1 fully saturated rings. The van der Waals surface area contributed by atoms with Crippen molar-refractivity contribution in [3.8, 4) is 0 Å². The van der Waals surface area contributed by atoms with E-state index in [0.29, 0.717) is 27.4 Å². The fourth-order valence-corrected chi connectivity index (χ4v) is 5.66. The van der Waals surface area contributed by atoms with Gasteiger partial charge in [-0.25, -0.2) is 0 Å². The highest BCUT2D eigenvalue weighted by Crippen LogP contribution is 2.40. The number of anilines is 1. The summed E-state index contributed by atoms with van der Waals surface area (Å²) in [6.07, 6.45) is -2.45. The third kappa shape index (κ3) is 6.22. The van der Waals surface area contributed by atoms with Gasteiger partial charge in [0, 0.05) is 33.7 Å². The van der Waals surface area contributed by atoms with Crippen molar-refractivity contribution in [1.29, 1.82) is 0 Å². The van der Waals surface area contributed by atoms with Crippen LogP contribution in [0.5, 0.6) is 0 Å². The molecule has 0 radical (unpaired) electrons. The van der Waals surface area contributed by atoms with Gasteiger partial charge in [0.05, 0.1) is 11.6 Å². The van der Waals surface area contributed by atoms with Gasteiger partial charge in [-0.15, -0.1) is 0 Å². The molecule has 34 heavy (non-hydrogen) atoms. The Bertz CT molecular complexity index is 1120. The molecule has 180 valence electrons. The highest BCUT2D eigenvalue weighted by atomic mass is 35.5. The van der Waals surface area contributed by atoms with Crippen LogP contribution in [0, 0.1) is 12.8 Å². The molecule has 1 N–H and O–H groups in total. The van der Waals surface area contributed by atoms with E-state index in [9.17, 15) is 13.2 Å².